The molecule has 0 unspecified atom stereocenters. The zero-order valence-corrected chi connectivity index (χ0v) is 16.4. The summed E-state index contributed by atoms with van der Waals surface area (Å²) in [5, 5.41) is 0. The Morgan fingerprint density at radius 1 is 1.00 bits per heavy atom. The van der Waals surface area contributed by atoms with Crippen LogP contribution in [0.4, 0.5) is 11.4 Å². The normalized spacial score (nSPS) is 16.8. The number of amides is 1. The lowest BCUT2D eigenvalue weighted by Crippen LogP contribution is -2.31. The first-order valence-electron chi connectivity index (χ1n) is 10.4. The number of carbonyl (C=O) groups excluding carboxylic acids is 1. The molecule has 2 aliphatic heterocycles. The van der Waals surface area contributed by atoms with E-state index >= 15 is 0 Å². The van der Waals surface area contributed by atoms with E-state index in [4.69, 9.17) is 10.5 Å². The van der Waals surface area contributed by atoms with Crippen molar-refractivity contribution in [3.8, 4) is 5.75 Å². The maximum Gasteiger partial charge on any atom is 0.258 e. The van der Waals surface area contributed by atoms with E-state index in [0.29, 0.717) is 18.7 Å². The van der Waals surface area contributed by atoms with Crippen molar-refractivity contribution in [3.63, 3.8) is 0 Å². The van der Waals surface area contributed by atoms with Crippen molar-refractivity contribution >= 4 is 17.3 Å². The first-order valence-corrected chi connectivity index (χ1v) is 10.4. The van der Waals surface area contributed by atoms with Crippen LogP contribution in [-0.4, -0.2) is 43.6 Å². The van der Waals surface area contributed by atoms with Gasteiger partial charge in [0.25, 0.3) is 5.91 Å². The number of nitrogens with zero attached hydrogens (tertiary/aromatic N) is 2. The fourth-order valence-electron chi connectivity index (χ4n) is 4.14. The highest BCUT2D eigenvalue weighted by Crippen LogP contribution is 2.31. The molecule has 1 fully saturated rings. The largest absolute Gasteiger partial charge is 0.494 e. The van der Waals surface area contributed by atoms with E-state index in [-0.39, 0.29) is 5.91 Å². The lowest BCUT2D eigenvalue weighted by molar-refractivity contribution is 0.0989. The van der Waals surface area contributed by atoms with Gasteiger partial charge in [0.1, 0.15) is 5.75 Å². The molecule has 2 aromatic carbocycles. The van der Waals surface area contributed by atoms with Gasteiger partial charge in [-0.2, -0.15) is 0 Å². The second kappa shape index (κ2) is 8.65. The average Bonchev–Trinajstić information content (AvgIpc) is 3.15. The molecule has 0 aromatic heterocycles. The van der Waals surface area contributed by atoms with E-state index in [1.807, 2.05) is 47.4 Å². The summed E-state index contributed by atoms with van der Waals surface area (Å²) < 4.78 is 5.86. The van der Waals surface area contributed by atoms with Crippen molar-refractivity contribution in [2.45, 2.75) is 32.1 Å². The SMILES string of the molecule is Nc1ccc2c(c1)CCN2C(=O)c1ccc(OCCCN2CCCCC2)cc1. The number of ether oxygens (including phenoxy) is 1. The summed E-state index contributed by atoms with van der Waals surface area (Å²) in [6.45, 7) is 4.97. The van der Waals surface area contributed by atoms with Crippen molar-refractivity contribution in [2.24, 2.45) is 0 Å². The molecular weight excluding hydrogens is 350 g/mol. The summed E-state index contributed by atoms with van der Waals surface area (Å²) in [6.07, 6.45) is 5.91. The van der Waals surface area contributed by atoms with Crippen LogP contribution in [-0.2, 0) is 6.42 Å². The molecule has 1 saturated heterocycles. The smallest absolute Gasteiger partial charge is 0.258 e. The highest BCUT2D eigenvalue weighted by Gasteiger charge is 2.25. The maximum absolute atomic E-state index is 12.9. The lowest BCUT2D eigenvalue weighted by Gasteiger charge is -2.26. The van der Waals surface area contributed by atoms with Gasteiger partial charge >= 0.3 is 0 Å². The van der Waals surface area contributed by atoms with Crippen molar-refractivity contribution in [2.75, 3.05) is 43.4 Å². The van der Waals surface area contributed by atoms with Gasteiger partial charge in [-0.1, -0.05) is 6.42 Å². The first-order chi connectivity index (χ1) is 13.7. The predicted octanol–water partition coefficient (Wildman–Crippen LogP) is 3.73. The molecule has 2 N–H and O–H groups in total. The van der Waals surface area contributed by atoms with Gasteiger partial charge in [0.15, 0.2) is 0 Å². The Hall–Kier alpha value is -2.53. The molecule has 2 heterocycles. The van der Waals surface area contributed by atoms with Gasteiger partial charge in [0.05, 0.1) is 6.61 Å². The van der Waals surface area contributed by atoms with Crippen LogP contribution in [0.3, 0.4) is 0 Å². The van der Waals surface area contributed by atoms with E-state index in [1.54, 1.807) is 0 Å². The van der Waals surface area contributed by atoms with Crippen LogP contribution in [0.1, 0.15) is 41.6 Å². The Morgan fingerprint density at radius 2 is 1.79 bits per heavy atom. The number of benzene rings is 2. The highest BCUT2D eigenvalue weighted by molar-refractivity contribution is 6.07. The molecule has 5 nitrogen and oxygen atoms in total. The number of likely N-dealkylation sites (tertiary alicyclic amines) is 1. The number of nitrogens with two attached hydrogens (primary N) is 1. The van der Waals surface area contributed by atoms with Crippen molar-refractivity contribution in [3.05, 3.63) is 53.6 Å². The predicted molar refractivity (Wildman–Crippen MR) is 113 cm³/mol. The van der Waals surface area contributed by atoms with E-state index in [0.717, 1.165) is 42.1 Å². The van der Waals surface area contributed by atoms with Gasteiger partial charge < -0.3 is 20.3 Å². The average molecular weight is 380 g/mol. The summed E-state index contributed by atoms with van der Waals surface area (Å²) in [5.41, 5.74) is 9.39. The number of hydrogen-bond acceptors (Lipinski definition) is 4. The van der Waals surface area contributed by atoms with Crippen LogP contribution in [0, 0.1) is 0 Å². The molecule has 0 atom stereocenters. The van der Waals surface area contributed by atoms with Crippen LogP contribution in [0.5, 0.6) is 5.75 Å². The Labute approximate surface area is 167 Å². The third-order valence-electron chi connectivity index (χ3n) is 5.68. The minimum absolute atomic E-state index is 0.0279. The molecular formula is C23H29N3O2. The van der Waals surface area contributed by atoms with Gasteiger partial charge in [0.2, 0.25) is 0 Å². The second-order valence-electron chi connectivity index (χ2n) is 7.72. The van der Waals surface area contributed by atoms with Crippen molar-refractivity contribution in [1.29, 1.82) is 0 Å². The third-order valence-corrected chi connectivity index (χ3v) is 5.68. The molecule has 0 radical (unpaired) electrons. The van der Waals surface area contributed by atoms with Gasteiger partial charge in [-0.25, -0.2) is 0 Å². The third kappa shape index (κ3) is 4.30. The lowest BCUT2D eigenvalue weighted by atomic mass is 10.1. The first kappa shape index (κ1) is 18.8. The number of nitrogen functional groups attached to an aromatic ring is 1. The molecule has 1 amide bonds. The Kier molecular flexibility index (Phi) is 5.81. The number of anilines is 2. The number of carbonyl (C=O) groups is 1. The van der Waals surface area contributed by atoms with Crippen molar-refractivity contribution in [1.82, 2.24) is 4.90 Å². The van der Waals surface area contributed by atoms with Gasteiger partial charge in [-0.05, 0) is 86.8 Å². The minimum Gasteiger partial charge on any atom is -0.494 e. The van der Waals surface area contributed by atoms with Crippen molar-refractivity contribution < 1.29 is 9.53 Å². The van der Waals surface area contributed by atoms with Crippen LogP contribution in [0.2, 0.25) is 0 Å². The number of hydrogen-bond donors (Lipinski definition) is 1. The molecule has 2 aromatic rings. The van der Waals surface area contributed by atoms with Gasteiger partial charge in [-0.3, -0.25) is 4.79 Å². The van der Waals surface area contributed by atoms with E-state index in [2.05, 4.69) is 4.90 Å². The summed E-state index contributed by atoms with van der Waals surface area (Å²) >= 11 is 0. The topological polar surface area (TPSA) is 58.8 Å². The second-order valence-corrected chi connectivity index (χ2v) is 7.72. The summed E-state index contributed by atoms with van der Waals surface area (Å²) in [4.78, 5) is 17.3. The number of fused-ring (bicyclic) bond motifs is 1. The van der Waals surface area contributed by atoms with Crippen LogP contribution in [0.15, 0.2) is 42.5 Å². The molecule has 28 heavy (non-hydrogen) atoms. The van der Waals surface area contributed by atoms with Crippen LogP contribution < -0.4 is 15.4 Å². The molecule has 0 aliphatic carbocycles. The Morgan fingerprint density at radius 3 is 2.57 bits per heavy atom. The van der Waals surface area contributed by atoms with Crippen LogP contribution in [0.25, 0.3) is 0 Å². The monoisotopic (exact) mass is 379 g/mol. The summed E-state index contributed by atoms with van der Waals surface area (Å²) in [6, 6.07) is 13.3. The van der Waals surface area contributed by atoms with Gasteiger partial charge in [0, 0.05) is 30.0 Å². The Balaban J connectivity index is 1.29. The molecule has 4 rings (SSSR count). The molecule has 0 bridgehead atoms. The molecule has 0 saturated carbocycles. The fourth-order valence-corrected chi connectivity index (χ4v) is 4.14. The molecule has 0 spiro atoms. The standard InChI is InChI=1S/C23H29N3O2/c24-20-7-10-22-19(17-20)11-15-26(22)23(27)18-5-8-21(9-6-18)28-16-4-14-25-12-2-1-3-13-25/h5-10,17H,1-4,11-16,24H2. The quantitative estimate of drug-likeness (QED) is 0.614. The fraction of sp³-hybridized carbons (Fsp3) is 0.435. The minimum atomic E-state index is 0.0279. The zero-order valence-electron chi connectivity index (χ0n) is 16.4. The zero-order chi connectivity index (χ0) is 19.3. The maximum atomic E-state index is 12.9. The van der Waals surface area contributed by atoms with Crippen LogP contribution >= 0.6 is 0 Å². The summed E-state index contributed by atoms with van der Waals surface area (Å²) in [5.74, 6) is 0.852. The van der Waals surface area contributed by atoms with E-state index in [1.165, 1.54) is 32.4 Å². The van der Waals surface area contributed by atoms with E-state index in [9.17, 15) is 4.79 Å². The Bertz CT molecular complexity index is 813. The summed E-state index contributed by atoms with van der Waals surface area (Å²) in [7, 11) is 0. The number of piperidine rings is 1. The van der Waals surface area contributed by atoms with Gasteiger partial charge in [-0.15, -0.1) is 0 Å². The molecule has 148 valence electrons. The molecule has 2 aliphatic rings. The highest BCUT2D eigenvalue weighted by atomic mass is 16.5. The van der Waals surface area contributed by atoms with E-state index < -0.39 is 0 Å². The number of rotatable bonds is 6. The molecule has 5 heteroatoms.